The number of benzene rings is 1. The second-order valence-corrected chi connectivity index (χ2v) is 6.59. The first-order chi connectivity index (χ1) is 14.0. The molecule has 0 spiro atoms. The van der Waals surface area contributed by atoms with Crippen molar-refractivity contribution >= 4 is 23.5 Å². The third-order valence-corrected chi connectivity index (χ3v) is 4.60. The first kappa shape index (κ1) is 20.3. The Morgan fingerprint density at radius 3 is 2.66 bits per heavy atom. The molecule has 152 valence electrons. The maximum absolute atomic E-state index is 12.8. The summed E-state index contributed by atoms with van der Waals surface area (Å²) in [5.41, 5.74) is 1.95. The molecule has 0 bridgehead atoms. The summed E-state index contributed by atoms with van der Waals surface area (Å²) in [5.74, 6) is -0.888. The maximum atomic E-state index is 12.8. The third kappa shape index (κ3) is 4.53. The van der Waals surface area contributed by atoms with Gasteiger partial charge in [0, 0.05) is 18.8 Å². The van der Waals surface area contributed by atoms with E-state index in [4.69, 9.17) is 4.74 Å². The molecule has 0 radical (unpaired) electrons. The van der Waals surface area contributed by atoms with Gasteiger partial charge in [0.05, 0.1) is 17.9 Å². The van der Waals surface area contributed by atoms with Crippen LogP contribution in [0.15, 0.2) is 36.9 Å². The van der Waals surface area contributed by atoms with Crippen molar-refractivity contribution < 1.29 is 19.1 Å². The van der Waals surface area contributed by atoms with Gasteiger partial charge in [-0.25, -0.2) is 9.78 Å². The fraction of sp³-hybridized carbons (Fsp3) is 0.333. The van der Waals surface area contributed by atoms with Gasteiger partial charge in [0.15, 0.2) is 11.5 Å². The largest absolute Gasteiger partial charge is 0.462 e. The molecular weight excluding hydrogens is 372 g/mol. The van der Waals surface area contributed by atoms with Crippen molar-refractivity contribution in [2.45, 2.75) is 32.7 Å². The molecule has 1 aliphatic heterocycles. The lowest BCUT2D eigenvalue weighted by molar-refractivity contribution is 0.0526. The van der Waals surface area contributed by atoms with E-state index >= 15 is 0 Å². The van der Waals surface area contributed by atoms with Crippen LogP contribution in [-0.4, -0.2) is 40.5 Å². The molecule has 1 aromatic carbocycles. The zero-order valence-corrected chi connectivity index (χ0v) is 16.4. The minimum atomic E-state index is -0.413. The molecule has 0 atom stereocenters. The zero-order valence-electron chi connectivity index (χ0n) is 16.4. The Morgan fingerprint density at radius 1 is 1.21 bits per heavy atom. The maximum Gasteiger partial charge on any atom is 0.338 e. The molecule has 2 heterocycles. The van der Waals surface area contributed by atoms with Gasteiger partial charge in [0.25, 0.3) is 11.8 Å². The lowest BCUT2D eigenvalue weighted by Gasteiger charge is -2.17. The number of aromatic nitrogens is 2. The number of hydrogen-bond acceptors (Lipinski definition) is 5. The highest BCUT2D eigenvalue weighted by atomic mass is 16.5. The predicted molar refractivity (Wildman–Crippen MR) is 108 cm³/mol. The molecule has 0 saturated heterocycles. The Labute approximate surface area is 169 Å². The predicted octanol–water partition coefficient (Wildman–Crippen LogP) is 2.56. The van der Waals surface area contributed by atoms with Crippen LogP contribution in [0.1, 0.15) is 56.9 Å². The quantitative estimate of drug-likeness (QED) is 0.553. The highest BCUT2D eigenvalue weighted by Gasteiger charge is 2.27. The number of carbonyl (C=O) groups is 3. The summed E-state index contributed by atoms with van der Waals surface area (Å²) in [4.78, 5) is 41.3. The van der Waals surface area contributed by atoms with E-state index in [1.54, 1.807) is 37.3 Å². The fourth-order valence-corrected chi connectivity index (χ4v) is 3.24. The Kier molecular flexibility index (Phi) is 6.43. The molecule has 0 aliphatic carbocycles. The topological polar surface area (TPSA) is 102 Å². The summed E-state index contributed by atoms with van der Waals surface area (Å²) in [6, 6.07) is 6.43. The SMILES string of the molecule is C=CCNC(=O)c1nc(C(=O)Nc2ccc(C(=O)OCC)cc2)c2n1CCCC2. The van der Waals surface area contributed by atoms with Crippen molar-refractivity contribution in [3.8, 4) is 0 Å². The second-order valence-electron chi connectivity index (χ2n) is 6.59. The number of fused-ring (bicyclic) bond motifs is 1. The van der Waals surface area contributed by atoms with Crippen LogP contribution >= 0.6 is 0 Å². The Bertz CT molecular complexity index is 931. The average Bonchev–Trinajstić information content (AvgIpc) is 3.12. The van der Waals surface area contributed by atoms with Gasteiger partial charge in [0.1, 0.15) is 0 Å². The number of nitrogens with one attached hydrogen (secondary N) is 2. The Balaban J connectivity index is 1.80. The van der Waals surface area contributed by atoms with Gasteiger partial charge in [-0.2, -0.15) is 0 Å². The molecule has 0 saturated carbocycles. The van der Waals surface area contributed by atoms with Gasteiger partial charge in [0.2, 0.25) is 0 Å². The van der Waals surface area contributed by atoms with E-state index in [1.165, 1.54) is 0 Å². The molecule has 2 aromatic rings. The average molecular weight is 396 g/mol. The van der Waals surface area contributed by atoms with E-state index < -0.39 is 5.97 Å². The van der Waals surface area contributed by atoms with Gasteiger partial charge < -0.3 is 19.9 Å². The number of esters is 1. The highest BCUT2D eigenvalue weighted by molar-refractivity contribution is 6.05. The van der Waals surface area contributed by atoms with Crippen molar-refractivity contribution in [2.75, 3.05) is 18.5 Å². The first-order valence-corrected chi connectivity index (χ1v) is 9.62. The molecule has 1 aromatic heterocycles. The molecule has 0 unspecified atom stereocenters. The van der Waals surface area contributed by atoms with Crippen LogP contribution in [0.25, 0.3) is 0 Å². The van der Waals surface area contributed by atoms with Gasteiger partial charge in [-0.05, 0) is 50.5 Å². The molecule has 29 heavy (non-hydrogen) atoms. The zero-order chi connectivity index (χ0) is 20.8. The van der Waals surface area contributed by atoms with Crippen LogP contribution in [0.4, 0.5) is 5.69 Å². The van der Waals surface area contributed by atoms with E-state index in [0.717, 1.165) is 18.5 Å². The Hall–Kier alpha value is -3.42. The number of nitrogens with zero attached hydrogens (tertiary/aromatic N) is 2. The van der Waals surface area contributed by atoms with E-state index in [2.05, 4.69) is 22.2 Å². The van der Waals surface area contributed by atoms with Crippen LogP contribution in [-0.2, 0) is 17.7 Å². The van der Waals surface area contributed by atoms with E-state index in [9.17, 15) is 14.4 Å². The van der Waals surface area contributed by atoms with Crippen LogP contribution in [0.2, 0.25) is 0 Å². The number of carbonyl (C=O) groups excluding carboxylic acids is 3. The second kappa shape index (κ2) is 9.18. The minimum Gasteiger partial charge on any atom is -0.462 e. The number of ether oxygens (including phenoxy) is 1. The van der Waals surface area contributed by atoms with Crippen LogP contribution in [0.5, 0.6) is 0 Å². The molecule has 0 fully saturated rings. The number of amides is 2. The van der Waals surface area contributed by atoms with Crippen molar-refractivity contribution in [3.63, 3.8) is 0 Å². The van der Waals surface area contributed by atoms with Crippen LogP contribution in [0.3, 0.4) is 0 Å². The van der Waals surface area contributed by atoms with Crippen LogP contribution < -0.4 is 10.6 Å². The summed E-state index contributed by atoms with van der Waals surface area (Å²) in [7, 11) is 0. The molecule has 2 N–H and O–H groups in total. The van der Waals surface area contributed by atoms with E-state index in [0.29, 0.717) is 37.4 Å². The molecule has 8 heteroatoms. The lowest BCUT2D eigenvalue weighted by atomic mass is 10.1. The van der Waals surface area contributed by atoms with Crippen LogP contribution in [0, 0.1) is 0 Å². The number of anilines is 1. The molecule has 8 nitrogen and oxygen atoms in total. The summed E-state index contributed by atoms with van der Waals surface area (Å²) in [6.07, 6.45) is 4.15. The lowest BCUT2D eigenvalue weighted by Crippen LogP contribution is -2.28. The van der Waals surface area contributed by atoms with E-state index in [-0.39, 0.29) is 23.3 Å². The third-order valence-electron chi connectivity index (χ3n) is 4.60. The van der Waals surface area contributed by atoms with Gasteiger partial charge in [-0.3, -0.25) is 9.59 Å². The molecule has 1 aliphatic rings. The van der Waals surface area contributed by atoms with Gasteiger partial charge in [-0.1, -0.05) is 6.08 Å². The number of hydrogen-bond donors (Lipinski definition) is 2. The standard InChI is InChI=1S/C21H24N4O4/c1-3-12-22-20(27)18-24-17(16-7-5-6-13-25(16)18)19(26)23-15-10-8-14(9-11-15)21(28)29-4-2/h3,8-11H,1,4-7,12-13H2,2H3,(H,22,27)(H,23,26). The first-order valence-electron chi connectivity index (χ1n) is 9.62. The highest BCUT2D eigenvalue weighted by Crippen LogP contribution is 2.22. The van der Waals surface area contributed by atoms with Crippen molar-refractivity contribution in [1.82, 2.24) is 14.9 Å². The van der Waals surface area contributed by atoms with E-state index in [1.807, 2.05) is 4.57 Å². The van der Waals surface area contributed by atoms with Gasteiger partial charge in [-0.15, -0.1) is 6.58 Å². The number of imidazole rings is 1. The normalized spacial score (nSPS) is 12.6. The minimum absolute atomic E-state index is 0.240. The van der Waals surface area contributed by atoms with Gasteiger partial charge >= 0.3 is 5.97 Å². The summed E-state index contributed by atoms with van der Waals surface area (Å²) >= 11 is 0. The summed E-state index contributed by atoms with van der Waals surface area (Å²) in [6.45, 7) is 6.61. The van der Waals surface area contributed by atoms with Crippen molar-refractivity contribution in [1.29, 1.82) is 0 Å². The fourth-order valence-electron chi connectivity index (χ4n) is 3.24. The number of rotatable bonds is 7. The molecular formula is C21H24N4O4. The summed E-state index contributed by atoms with van der Waals surface area (Å²) in [5, 5.41) is 5.50. The summed E-state index contributed by atoms with van der Waals surface area (Å²) < 4.78 is 6.77. The molecule has 2 amide bonds. The van der Waals surface area contributed by atoms with Crippen molar-refractivity contribution in [3.05, 3.63) is 59.7 Å². The monoisotopic (exact) mass is 396 g/mol. The van der Waals surface area contributed by atoms with Crippen molar-refractivity contribution in [2.24, 2.45) is 0 Å². The molecule has 3 rings (SSSR count). The Morgan fingerprint density at radius 2 is 1.97 bits per heavy atom. The smallest absolute Gasteiger partial charge is 0.338 e.